The summed E-state index contributed by atoms with van der Waals surface area (Å²) in [6.07, 6.45) is 0. The maximum absolute atomic E-state index is 2.56. The molecule has 13 aromatic carbocycles. The Balaban J connectivity index is 0.855. The van der Waals surface area contributed by atoms with Crippen molar-refractivity contribution in [3.63, 3.8) is 0 Å². The first-order valence-electron chi connectivity index (χ1n) is 28.4. The van der Waals surface area contributed by atoms with E-state index in [2.05, 4.69) is 338 Å². The number of fused-ring (bicyclic) bond motifs is 7. The van der Waals surface area contributed by atoms with Crippen LogP contribution in [-0.2, 0) is 5.41 Å². The van der Waals surface area contributed by atoms with Crippen LogP contribution < -0.4 is 9.80 Å². The Hall–Kier alpha value is -10.5. The molecule has 0 unspecified atom stereocenters. The van der Waals surface area contributed by atoms with Gasteiger partial charge in [0, 0.05) is 61.3 Å². The average Bonchev–Trinajstić information content (AvgIpc) is 2.42. The second-order valence-corrected chi connectivity index (χ2v) is 22.0. The van der Waals surface area contributed by atoms with Crippen molar-refractivity contribution in [2.75, 3.05) is 9.80 Å². The summed E-state index contributed by atoms with van der Waals surface area (Å²) in [6, 6.07) is 113. The second kappa shape index (κ2) is 20.0. The minimum Gasteiger partial charge on any atom is -0.311 e. The SMILES string of the molecule is CC1(C)c2cc(-c3cccc4c3ccc3c(-c5ccccc5)c(-c5ccccc5)n(-c5cccc6ccccc56)c34)ccc2-c2ccc(N(c3ccc(-c4ccccc4)cc3)c3ccc(N(c4ccccc4)c4ccccc4)cc3)cc21. The highest BCUT2D eigenvalue weighted by molar-refractivity contribution is 6.19. The Morgan fingerprint density at radius 2 is 0.720 bits per heavy atom. The van der Waals surface area contributed by atoms with Crippen LogP contribution in [0.25, 0.3) is 93.9 Å². The van der Waals surface area contributed by atoms with Gasteiger partial charge in [-0.1, -0.05) is 238 Å². The number of hydrogen-bond acceptors (Lipinski definition) is 2. The molecule has 1 heterocycles. The van der Waals surface area contributed by atoms with E-state index in [9.17, 15) is 0 Å². The van der Waals surface area contributed by atoms with Gasteiger partial charge >= 0.3 is 0 Å². The molecule has 0 spiro atoms. The highest BCUT2D eigenvalue weighted by atomic mass is 15.2. The Morgan fingerprint density at radius 1 is 0.280 bits per heavy atom. The third kappa shape index (κ3) is 8.20. The van der Waals surface area contributed by atoms with E-state index < -0.39 is 0 Å². The molecule has 3 nitrogen and oxygen atoms in total. The molecule has 15 rings (SSSR count). The van der Waals surface area contributed by atoms with Gasteiger partial charge in [0.1, 0.15) is 0 Å². The van der Waals surface area contributed by atoms with Gasteiger partial charge in [-0.05, 0) is 151 Å². The summed E-state index contributed by atoms with van der Waals surface area (Å²) in [5.74, 6) is 0. The van der Waals surface area contributed by atoms with Crippen molar-refractivity contribution < 1.29 is 0 Å². The van der Waals surface area contributed by atoms with Gasteiger partial charge in [0.15, 0.2) is 0 Å². The minimum absolute atomic E-state index is 0.300. The zero-order chi connectivity index (χ0) is 54.7. The highest BCUT2D eigenvalue weighted by Gasteiger charge is 2.37. The minimum atomic E-state index is -0.300. The Kier molecular flexibility index (Phi) is 11.9. The zero-order valence-corrected chi connectivity index (χ0v) is 45.8. The van der Waals surface area contributed by atoms with Crippen molar-refractivity contribution >= 4 is 66.6 Å². The van der Waals surface area contributed by atoms with E-state index in [0.29, 0.717) is 0 Å². The highest BCUT2D eigenvalue weighted by Crippen LogP contribution is 2.53. The number of para-hydroxylation sites is 2. The van der Waals surface area contributed by atoms with Crippen LogP contribution in [0.4, 0.5) is 34.1 Å². The van der Waals surface area contributed by atoms with Crippen LogP contribution in [0.1, 0.15) is 25.0 Å². The number of nitrogens with zero attached hydrogens (tertiary/aromatic N) is 3. The third-order valence-electron chi connectivity index (χ3n) is 17.0. The summed E-state index contributed by atoms with van der Waals surface area (Å²) in [4.78, 5) is 4.73. The molecule has 0 radical (unpaired) electrons. The molecule has 1 aliphatic carbocycles. The molecule has 1 aliphatic rings. The first kappa shape index (κ1) is 48.6. The molecule has 0 saturated carbocycles. The van der Waals surface area contributed by atoms with Gasteiger partial charge in [0.25, 0.3) is 0 Å². The van der Waals surface area contributed by atoms with Crippen molar-refractivity contribution in [3.05, 3.63) is 321 Å². The summed E-state index contributed by atoms with van der Waals surface area (Å²) < 4.78 is 2.56. The largest absolute Gasteiger partial charge is 0.311 e. The second-order valence-electron chi connectivity index (χ2n) is 22.0. The monoisotopic (exact) mass is 1050 g/mol. The van der Waals surface area contributed by atoms with E-state index in [1.807, 2.05) is 0 Å². The molecule has 82 heavy (non-hydrogen) atoms. The van der Waals surface area contributed by atoms with Crippen LogP contribution in [0.3, 0.4) is 0 Å². The van der Waals surface area contributed by atoms with Gasteiger partial charge in [0.05, 0.1) is 16.9 Å². The smallest absolute Gasteiger partial charge is 0.0620 e. The summed E-state index contributed by atoms with van der Waals surface area (Å²) in [7, 11) is 0. The molecular formula is C79H57N3. The van der Waals surface area contributed by atoms with Crippen molar-refractivity contribution in [3.8, 4) is 61.5 Å². The van der Waals surface area contributed by atoms with Crippen LogP contribution in [0.2, 0.25) is 0 Å². The van der Waals surface area contributed by atoms with E-state index in [1.54, 1.807) is 0 Å². The molecule has 14 aromatic rings. The lowest BCUT2D eigenvalue weighted by molar-refractivity contribution is 0.660. The molecule has 0 fully saturated rings. The predicted molar refractivity (Wildman–Crippen MR) is 347 cm³/mol. The topological polar surface area (TPSA) is 11.4 Å². The number of rotatable bonds is 11. The van der Waals surface area contributed by atoms with Crippen molar-refractivity contribution in [1.82, 2.24) is 4.57 Å². The third-order valence-corrected chi connectivity index (χ3v) is 17.0. The number of hydrogen-bond donors (Lipinski definition) is 0. The Labute approximate surface area is 479 Å². The van der Waals surface area contributed by atoms with E-state index in [0.717, 1.165) is 39.8 Å². The number of anilines is 6. The molecule has 1 aromatic heterocycles. The molecule has 0 N–H and O–H groups in total. The van der Waals surface area contributed by atoms with Crippen LogP contribution in [0.15, 0.2) is 309 Å². The van der Waals surface area contributed by atoms with Crippen LogP contribution in [-0.4, -0.2) is 4.57 Å². The van der Waals surface area contributed by atoms with E-state index >= 15 is 0 Å². The Morgan fingerprint density at radius 3 is 1.37 bits per heavy atom. The maximum atomic E-state index is 2.56. The van der Waals surface area contributed by atoms with Crippen LogP contribution in [0.5, 0.6) is 0 Å². The van der Waals surface area contributed by atoms with Gasteiger partial charge in [0.2, 0.25) is 0 Å². The number of aromatic nitrogens is 1. The van der Waals surface area contributed by atoms with E-state index in [-0.39, 0.29) is 5.41 Å². The lowest BCUT2D eigenvalue weighted by Gasteiger charge is -2.29. The van der Waals surface area contributed by atoms with Gasteiger partial charge in [-0.3, -0.25) is 0 Å². The molecule has 3 heteroatoms. The standard InChI is InChI=1S/C79H57N3/c1-79(2)73-52-59(66-35-21-36-71-68(66)50-51-72-76(57-25-10-4-11-26-57)77(58-27-12-5-13-28-58)82(78(71)72)75-37-20-29-56-24-18-19-34-67(56)75)40-48-69(73)70-49-47-65(53-74(70)79)81(62-41-38-55(39-42-62)54-22-8-3-9-23-54)64-45-43-63(44-46-64)80(60-30-14-6-15-31-60)61-32-16-7-17-33-61/h3-53H,1-2H3. The quantitative estimate of drug-likeness (QED) is 0.128. The Bertz CT molecular complexity index is 4620. The van der Waals surface area contributed by atoms with Crippen LogP contribution in [0, 0.1) is 0 Å². The molecular weight excluding hydrogens is 991 g/mol. The fourth-order valence-electron chi connectivity index (χ4n) is 13.1. The summed E-state index contributed by atoms with van der Waals surface area (Å²) in [5.41, 5.74) is 23.5. The average molecular weight is 1050 g/mol. The van der Waals surface area contributed by atoms with Gasteiger partial charge < -0.3 is 14.4 Å². The molecule has 388 valence electrons. The fraction of sp³-hybridized carbons (Fsp3) is 0.0380. The maximum Gasteiger partial charge on any atom is 0.0620 e. The van der Waals surface area contributed by atoms with Gasteiger partial charge in [-0.15, -0.1) is 0 Å². The first-order chi connectivity index (χ1) is 40.5. The molecule has 0 amide bonds. The van der Waals surface area contributed by atoms with Gasteiger partial charge in [-0.2, -0.15) is 0 Å². The zero-order valence-electron chi connectivity index (χ0n) is 45.8. The molecule has 0 atom stereocenters. The van der Waals surface area contributed by atoms with Crippen molar-refractivity contribution in [2.24, 2.45) is 0 Å². The molecule has 0 aliphatic heterocycles. The fourth-order valence-corrected chi connectivity index (χ4v) is 13.1. The number of benzene rings is 13. The van der Waals surface area contributed by atoms with E-state index in [4.69, 9.17) is 0 Å². The summed E-state index contributed by atoms with van der Waals surface area (Å²) in [5, 5.41) is 6.09. The lowest BCUT2D eigenvalue weighted by Crippen LogP contribution is -2.17. The summed E-state index contributed by atoms with van der Waals surface area (Å²) >= 11 is 0. The normalized spacial score (nSPS) is 12.4. The van der Waals surface area contributed by atoms with Crippen molar-refractivity contribution in [2.45, 2.75) is 19.3 Å². The molecule has 0 bridgehead atoms. The van der Waals surface area contributed by atoms with E-state index in [1.165, 1.54) is 99.3 Å². The van der Waals surface area contributed by atoms with Crippen molar-refractivity contribution in [1.29, 1.82) is 0 Å². The van der Waals surface area contributed by atoms with Gasteiger partial charge in [-0.25, -0.2) is 0 Å². The summed E-state index contributed by atoms with van der Waals surface area (Å²) in [6.45, 7) is 4.81. The van der Waals surface area contributed by atoms with Crippen LogP contribution >= 0.6 is 0 Å². The first-order valence-corrected chi connectivity index (χ1v) is 28.4. The predicted octanol–water partition coefficient (Wildman–Crippen LogP) is 21.9. The lowest BCUT2D eigenvalue weighted by atomic mass is 9.81. The molecule has 0 saturated heterocycles.